The average Bonchev–Trinajstić information content (AvgIpc) is 2.39. The molecule has 2 rings (SSSR count). The summed E-state index contributed by atoms with van der Waals surface area (Å²) in [7, 11) is 1.42. The Bertz CT molecular complexity index is 425. The van der Waals surface area contributed by atoms with Crippen molar-refractivity contribution < 1.29 is 14.6 Å². The molecule has 0 bridgehead atoms. The number of hydrogen-bond donors (Lipinski definition) is 2. The summed E-state index contributed by atoms with van der Waals surface area (Å²) in [5.74, 6) is 0.00821. The number of methoxy groups -OCH3 is 1. The monoisotopic (exact) mass is 249 g/mol. The van der Waals surface area contributed by atoms with Crippen molar-refractivity contribution in [3.63, 3.8) is 0 Å². The molecule has 4 nitrogen and oxygen atoms in total. The van der Waals surface area contributed by atoms with Crippen LogP contribution in [0.4, 0.5) is 0 Å². The highest BCUT2D eigenvalue weighted by Gasteiger charge is 2.40. The van der Waals surface area contributed by atoms with Crippen LogP contribution in [0.2, 0.25) is 0 Å². The molecule has 0 aliphatic carbocycles. The van der Waals surface area contributed by atoms with Gasteiger partial charge in [-0.1, -0.05) is 12.1 Å². The number of phenols is 1. The zero-order valence-corrected chi connectivity index (χ0v) is 10.6. The van der Waals surface area contributed by atoms with E-state index in [2.05, 4.69) is 5.32 Å². The largest absolute Gasteiger partial charge is 0.508 e. The number of esters is 1. The molecule has 0 spiro atoms. The number of ether oxygens (including phenoxy) is 1. The molecule has 18 heavy (non-hydrogen) atoms. The van der Waals surface area contributed by atoms with Crippen molar-refractivity contribution in [2.75, 3.05) is 13.7 Å². The van der Waals surface area contributed by atoms with Crippen molar-refractivity contribution in [2.24, 2.45) is 0 Å². The maximum Gasteiger partial charge on any atom is 0.326 e. The van der Waals surface area contributed by atoms with Crippen LogP contribution in [0.25, 0.3) is 0 Å². The van der Waals surface area contributed by atoms with Crippen LogP contribution in [0.15, 0.2) is 24.3 Å². The van der Waals surface area contributed by atoms with Crippen LogP contribution in [0.5, 0.6) is 5.75 Å². The molecule has 1 unspecified atom stereocenters. The number of carbonyl (C=O) groups is 1. The molecule has 1 heterocycles. The topological polar surface area (TPSA) is 58.6 Å². The van der Waals surface area contributed by atoms with Gasteiger partial charge in [-0.3, -0.25) is 4.79 Å². The normalized spacial score (nSPS) is 23.6. The summed E-state index contributed by atoms with van der Waals surface area (Å²) in [5, 5.41) is 12.8. The van der Waals surface area contributed by atoms with Crippen LogP contribution in [-0.4, -0.2) is 30.3 Å². The summed E-state index contributed by atoms with van der Waals surface area (Å²) in [6.07, 6.45) is 3.42. The molecule has 2 N–H and O–H groups in total. The number of hydrogen-bond acceptors (Lipinski definition) is 4. The third-order valence-electron chi connectivity index (χ3n) is 3.49. The maximum atomic E-state index is 12.0. The van der Waals surface area contributed by atoms with Gasteiger partial charge in [-0.25, -0.2) is 0 Å². The Hall–Kier alpha value is -1.55. The fourth-order valence-electron chi connectivity index (χ4n) is 2.58. The number of nitrogens with one attached hydrogen (secondary N) is 1. The SMILES string of the molecule is COC(=O)C1(Cc2cccc(O)c2)CCCCN1. The van der Waals surface area contributed by atoms with Gasteiger partial charge < -0.3 is 15.2 Å². The Morgan fingerprint density at radius 2 is 2.33 bits per heavy atom. The van der Waals surface area contributed by atoms with Crippen molar-refractivity contribution in [1.29, 1.82) is 0 Å². The lowest BCUT2D eigenvalue weighted by atomic mass is 9.83. The Kier molecular flexibility index (Phi) is 3.87. The van der Waals surface area contributed by atoms with E-state index in [9.17, 15) is 9.90 Å². The number of benzene rings is 1. The smallest absolute Gasteiger partial charge is 0.326 e. The van der Waals surface area contributed by atoms with Crippen molar-refractivity contribution >= 4 is 5.97 Å². The van der Waals surface area contributed by atoms with Crippen LogP contribution >= 0.6 is 0 Å². The van der Waals surface area contributed by atoms with Crippen molar-refractivity contribution in [1.82, 2.24) is 5.32 Å². The van der Waals surface area contributed by atoms with E-state index < -0.39 is 5.54 Å². The van der Waals surface area contributed by atoms with Crippen LogP contribution in [0.1, 0.15) is 24.8 Å². The third-order valence-corrected chi connectivity index (χ3v) is 3.49. The molecule has 98 valence electrons. The van der Waals surface area contributed by atoms with Crippen molar-refractivity contribution in [2.45, 2.75) is 31.2 Å². The van der Waals surface area contributed by atoms with E-state index in [0.717, 1.165) is 31.4 Å². The van der Waals surface area contributed by atoms with E-state index in [1.165, 1.54) is 7.11 Å². The van der Waals surface area contributed by atoms with E-state index in [1.807, 2.05) is 6.07 Å². The average molecular weight is 249 g/mol. The standard InChI is InChI=1S/C14H19NO3/c1-18-13(17)14(7-2-3-8-15-14)10-11-5-4-6-12(16)9-11/h4-6,9,15-16H,2-3,7-8,10H2,1H3. The quantitative estimate of drug-likeness (QED) is 0.799. The zero-order valence-electron chi connectivity index (χ0n) is 10.6. The molecule has 1 atom stereocenters. The van der Waals surface area contributed by atoms with E-state index in [-0.39, 0.29) is 11.7 Å². The summed E-state index contributed by atoms with van der Waals surface area (Å²) in [6.45, 7) is 0.827. The number of piperidine rings is 1. The molecule has 4 heteroatoms. The van der Waals surface area contributed by atoms with Crippen LogP contribution in [-0.2, 0) is 16.0 Å². The first-order valence-corrected chi connectivity index (χ1v) is 6.28. The number of carbonyl (C=O) groups excluding carboxylic acids is 1. The lowest BCUT2D eigenvalue weighted by Crippen LogP contribution is -2.56. The first-order valence-electron chi connectivity index (χ1n) is 6.28. The Balaban J connectivity index is 2.22. The molecule has 1 aliphatic heterocycles. The number of phenolic OH excluding ortho intramolecular Hbond substituents is 1. The molecule has 0 radical (unpaired) electrons. The number of aromatic hydroxyl groups is 1. The maximum absolute atomic E-state index is 12.0. The summed E-state index contributed by atoms with van der Waals surface area (Å²) in [5.41, 5.74) is 0.302. The van der Waals surface area contributed by atoms with Gasteiger partial charge in [0.2, 0.25) is 0 Å². The highest BCUT2D eigenvalue weighted by Crippen LogP contribution is 2.26. The van der Waals surface area contributed by atoms with Gasteiger partial charge in [0.1, 0.15) is 11.3 Å². The molecule has 1 saturated heterocycles. The Morgan fingerprint density at radius 1 is 1.50 bits per heavy atom. The van der Waals surface area contributed by atoms with Gasteiger partial charge in [-0.05, 0) is 43.5 Å². The van der Waals surface area contributed by atoms with E-state index in [1.54, 1.807) is 18.2 Å². The van der Waals surface area contributed by atoms with Gasteiger partial charge in [0.15, 0.2) is 0 Å². The summed E-state index contributed by atoms with van der Waals surface area (Å²) < 4.78 is 4.93. The third kappa shape index (κ3) is 2.64. The van der Waals surface area contributed by atoms with Gasteiger partial charge in [0.05, 0.1) is 7.11 Å². The Morgan fingerprint density at radius 3 is 2.94 bits per heavy atom. The van der Waals surface area contributed by atoms with Crippen LogP contribution in [0.3, 0.4) is 0 Å². The van der Waals surface area contributed by atoms with E-state index in [0.29, 0.717) is 6.42 Å². The fourth-order valence-corrected chi connectivity index (χ4v) is 2.58. The van der Waals surface area contributed by atoms with Gasteiger partial charge in [-0.2, -0.15) is 0 Å². The van der Waals surface area contributed by atoms with E-state index >= 15 is 0 Å². The van der Waals surface area contributed by atoms with Crippen LogP contribution in [0, 0.1) is 0 Å². The predicted molar refractivity (Wildman–Crippen MR) is 68.4 cm³/mol. The lowest BCUT2D eigenvalue weighted by molar-refractivity contribution is -0.149. The highest BCUT2D eigenvalue weighted by atomic mass is 16.5. The molecular formula is C14H19NO3. The van der Waals surface area contributed by atoms with Crippen molar-refractivity contribution in [3.05, 3.63) is 29.8 Å². The van der Waals surface area contributed by atoms with Gasteiger partial charge in [-0.15, -0.1) is 0 Å². The lowest BCUT2D eigenvalue weighted by Gasteiger charge is -2.35. The second-order valence-electron chi connectivity index (χ2n) is 4.80. The second kappa shape index (κ2) is 5.40. The first kappa shape index (κ1) is 12.9. The molecule has 1 aromatic rings. The predicted octanol–water partition coefficient (Wildman–Crippen LogP) is 1.62. The minimum atomic E-state index is -0.638. The Labute approximate surface area is 107 Å². The van der Waals surface area contributed by atoms with Gasteiger partial charge in [0.25, 0.3) is 0 Å². The molecule has 1 aliphatic rings. The first-order chi connectivity index (χ1) is 8.66. The molecule has 0 aromatic heterocycles. The fraction of sp³-hybridized carbons (Fsp3) is 0.500. The summed E-state index contributed by atoms with van der Waals surface area (Å²) in [4.78, 5) is 12.0. The van der Waals surface area contributed by atoms with Gasteiger partial charge in [0, 0.05) is 6.42 Å². The van der Waals surface area contributed by atoms with Gasteiger partial charge >= 0.3 is 5.97 Å². The molecule has 1 fully saturated rings. The highest BCUT2D eigenvalue weighted by molar-refractivity contribution is 5.81. The second-order valence-corrected chi connectivity index (χ2v) is 4.80. The summed E-state index contributed by atoms with van der Waals surface area (Å²) in [6, 6.07) is 7.03. The molecular weight excluding hydrogens is 230 g/mol. The van der Waals surface area contributed by atoms with Crippen LogP contribution < -0.4 is 5.32 Å². The molecule has 1 aromatic carbocycles. The summed E-state index contributed by atoms with van der Waals surface area (Å²) >= 11 is 0. The molecule has 0 saturated carbocycles. The molecule has 0 amide bonds. The number of rotatable bonds is 3. The van der Waals surface area contributed by atoms with Crippen molar-refractivity contribution in [3.8, 4) is 5.75 Å². The zero-order chi connectivity index (χ0) is 13.0. The minimum Gasteiger partial charge on any atom is -0.508 e. The van der Waals surface area contributed by atoms with E-state index in [4.69, 9.17) is 4.74 Å². The minimum absolute atomic E-state index is 0.217.